The molecule has 1 aliphatic heterocycles. The van der Waals surface area contributed by atoms with Crippen molar-refractivity contribution in [2.75, 3.05) is 13.1 Å². The molecule has 0 spiro atoms. The number of rotatable bonds is 3. The molecule has 1 aromatic rings. The molecule has 1 saturated heterocycles. The van der Waals surface area contributed by atoms with Crippen LogP contribution in [0.25, 0.3) is 0 Å². The number of hydrogen-bond donors (Lipinski definition) is 0. The van der Waals surface area contributed by atoms with Crippen molar-refractivity contribution in [3.63, 3.8) is 0 Å². The fourth-order valence-corrected chi connectivity index (χ4v) is 5.76. The number of sulfonamides is 1. The van der Waals surface area contributed by atoms with Gasteiger partial charge < -0.3 is 0 Å². The average Bonchev–Trinajstić information content (AvgIpc) is 2.77. The van der Waals surface area contributed by atoms with E-state index in [0.717, 1.165) is 23.0 Å². The molecule has 1 aliphatic rings. The van der Waals surface area contributed by atoms with Gasteiger partial charge in [-0.1, -0.05) is 13.3 Å². The van der Waals surface area contributed by atoms with Gasteiger partial charge in [-0.3, -0.25) is 0 Å². The van der Waals surface area contributed by atoms with Gasteiger partial charge in [0.05, 0.1) is 3.79 Å². The molecule has 6 heteroatoms. The van der Waals surface area contributed by atoms with Crippen molar-refractivity contribution in [2.24, 2.45) is 5.92 Å². The standard InChI is InChI=1S/C11H16BrNO2S2/c1-2-9-5-7-13(8-6-9)17(14,15)11-4-3-10(12)16-11/h3-4,9H,2,5-8H2,1H3. The van der Waals surface area contributed by atoms with Crippen LogP contribution in [-0.2, 0) is 10.0 Å². The Balaban J connectivity index is 2.12. The summed E-state index contributed by atoms with van der Waals surface area (Å²) in [4.78, 5) is 0. The molecule has 0 bridgehead atoms. The molecule has 0 saturated carbocycles. The van der Waals surface area contributed by atoms with Gasteiger partial charge in [0.15, 0.2) is 0 Å². The highest BCUT2D eigenvalue weighted by Gasteiger charge is 2.29. The Morgan fingerprint density at radius 2 is 2.06 bits per heavy atom. The maximum Gasteiger partial charge on any atom is 0.252 e. The van der Waals surface area contributed by atoms with Crippen molar-refractivity contribution in [1.29, 1.82) is 0 Å². The number of hydrogen-bond acceptors (Lipinski definition) is 3. The van der Waals surface area contributed by atoms with E-state index in [0.29, 0.717) is 23.2 Å². The van der Waals surface area contributed by atoms with Crippen molar-refractivity contribution in [3.8, 4) is 0 Å². The molecule has 0 N–H and O–H groups in total. The Morgan fingerprint density at radius 1 is 1.41 bits per heavy atom. The van der Waals surface area contributed by atoms with Gasteiger partial charge in [-0.15, -0.1) is 11.3 Å². The average molecular weight is 338 g/mol. The van der Waals surface area contributed by atoms with Crippen LogP contribution in [0.2, 0.25) is 0 Å². The third kappa shape index (κ3) is 2.92. The first-order valence-electron chi connectivity index (χ1n) is 5.79. The second kappa shape index (κ2) is 5.38. The lowest BCUT2D eigenvalue weighted by molar-refractivity contribution is 0.269. The Labute approximate surface area is 115 Å². The van der Waals surface area contributed by atoms with E-state index in [1.165, 1.54) is 11.3 Å². The van der Waals surface area contributed by atoms with Crippen LogP contribution in [-0.4, -0.2) is 25.8 Å². The van der Waals surface area contributed by atoms with Crippen LogP contribution in [0.4, 0.5) is 0 Å². The van der Waals surface area contributed by atoms with E-state index >= 15 is 0 Å². The fourth-order valence-electron chi connectivity index (χ4n) is 2.12. The first-order chi connectivity index (χ1) is 8.04. The van der Waals surface area contributed by atoms with Crippen LogP contribution < -0.4 is 0 Å². The van der Waals surface area contributed by atoms with E-state index in [1.807, 2.05) is 0 Å². The zero-order valence-corrected chi connectivity index (χ0v) is 12.9. The minimum Gasteiger partial charge on any atom is -0.206 e. The molecular weight excluding hydrogens is 322 g/mol. The van der Waals surface area contributed by atoms with Gasteiger partial charge in [-0.25, -0.2) is 8.42 Å². The van der Waals surface area contributed by atoms with Crippen LogP contribution in [0.3, 0.4) is 0 Å². The van der Waals surface area contributed by atoms with Gasteiger partial charge in [0.25, 0.3) is 10.0 Å². The van der Waals surface area contributed by atoms with Crippen LogP contribution in [0, 0.1) is 5.92 Å². The summed E-state index contributed by atoms with van der Waals surface area (Å²) in [5.41, 5.74) is 0. The number of halogens is 1. The molecule has 0 aromatic carbocycles. The lowest BCUT2D eigenvalue weighted by atomic mass is 9.96. The predicted octanol–water partition coefficient (Wildman–Crippen LogP) is 3.32. The molecule has 0 radical (unpaired) electrons. The van der Waals surface area contributed by atoms with Crippen molar-refractivity contribution in [2.45, 2.75) is 30.4 Å². The van der Waals surface area contributed by atoms with Crippen molar-refractivity contribution < 1.29 is 8.42 Å². The van der Waals surface area contributed by atoms with E-state index in [4.69, 9.17) is 0 Å². The molecule has 1 aromatic heterocycles. The van der Waals surface area contributed by atoms with Crippen LogP contribution in [0.5, 0.6) is 0 Å². The summed E-state index contributed by atoms with van der Waals surface area (Å²) in [5.74, 6) is 0.691. The largest absolute Gasteiger partial charge is 0.252 e. The zero-order valence-electron chi connectivity index (χ0n) is 9.73. The Morgan fingerprint density at radius 3 is 2.53 bits per heavy atom. The molecule has 17 heavy (non-hydrogen) atoms. The van der Waals surface area contributed by atoms with Crippen molar-refractivity contribution >= 4 is 37.3 Å². The Kier molecular flexibility index (Phi) is 4.28. The van der Waals surface area contributed by atoms with E-state index in [9.17, 15) is 8.42 Å². The lowest BCUT2D eigenvalue weighted by Crippen LogP contribution is -2.37. The van der Waals surface area contributed by atoms with Crippen LogP contribution in [0.15, 0.2) is 20.1 Å². The Bertz CT molecular complexity index is 475. The molecule has 0 aliphatic carbocycles. The second-order valence-corrected chi connectivity index (χ2v) is 8.94. The topological polar surface area (TPSA) is 37.4 Å². The third-order valence-corrected chi connectivity index (χ3v) is 7.28. The first-order valence-corrected chi connectivity index (χ1v) is 8.84. The second-order valence-electron chi connectivity index (χ2n) is 4.31. The molecule has 2 heterocycles. The van der Waals surface area contributed by atoms with E-state index in [1.54, 1.807) is 16.4 Å². The van der Waals surface area contributed by atoms with Gasteiger partial charge in [0, 0.05) is 13.1 Å². The van der Waals surface area contributed by atoms with E-state index < -0.39 is 10.0 Å². The summed E-state index contributed by atoms with van der Waals surface area (Å²) in [6, 6.07) is 3.46. The number of nitrogens with zero attached hydrogens (tertiary/aromatic N) is 1. The molecule has 2 rings (SSSR count). The third-order valence-electron chi connectivity index (χ3n) is 3.29. The molecule has 3 nitrogen and oxygen atoms in total. The SMILES string of the molecule is CCC1CCN(S(=O)(=O)c2ccc(Br)s2)CC1. The fraction of sp³-hybridized carbons (Fsp3) is 0.636. The molecule has 0 amide bonds. The van der Waals surface area contributed by atoms with Crippen molar-refractivity contribution in [3.05, 3.63) is 15.9 Å². The maximum atomic E-state index is 12.3. The van der Waals surface area contributed by atoms with Crippen LogP contribution in [0.1, 0.15) is 26.2 Å². The van der Waals surface area contributed by atoms with Gasteiger partial charge in [0.2, 0.25) is 0 Å². The Hall–Kier alpha value is 0.0900. The number of piperidine rings is 1. The quantitative estimate of drug-likeness (QED) is 0.848. The van der Waals surface area contributed by atoms with Crippen molar-refractivity contribution in [1.82, 2.24) is 4.31 Å². The normalized spacial score (nSPS) is 19.6. The minimum absolute atomic E-state index is 0.444. The van der Waals surface area contributed by atoms with Gasteiger partial charge in [0.1, 0.15) is 4.21 Å². The van der Waals surface area contributed by atoms with Gasteiger partial charge in [-0.05, 0) is 46.8 Å². The van der Waals surface area contributed by atoms with Gasteiger partial charge >= 0.3 is 0 Å². The molecule has 0 atom stereocenters. The van der Waals surface area contributed by atoms with E-state index in [2.05, 4.69) is 22.9 Å². The summed E-state index contributed by atoms with van der Waals surface area (Å²) in [7, 11) is -3.25. The summed E-state index contributed by atoms with van der Waals surface area (Å²) < 4.78 is 27.5. The maximum absolute atomic E-state index is 12.3. The summed E-state index contributed by atoms with van der Waals surface area (Å²) in [6.45, 7) is 3.50. The highest BCUT2D eigenvalue weighted by atomic mass is 79.9. The lowest BCUT2D eigenvalue weighted by Gasteiger charge is -2.30. The summed E-state index contributed by atoms with van der Waals surface area (Å²) in [5, 5.41) is 0. The summed E-state index contributed by atoms with van der Waals surface area (Å²) >= 11 is 4.59. The predicted molar refractivity (Wildman–Crippen MR) is 73.8 cm³/mol. The molecular formula is C11H16BrNO2S2. The smallest absolute Gasteiger partial charge is 0.206 e. The molecule has 96 valence electrons. The zero-order chi connectivity index (χ0) is 12.5. The number of thiophene rings is 1. The molecule has 0 unspecified atom stereocenters. The highest BCUT2D eigenvalue weighted by molar-refractivity contribution is 9.11. The minimum atomic E-state index is -3.25. The summed E-state index contributed by atoms with van der Waals surface area (Å²) in [6.07, 6.45) is 3.13. The van der Waals surface area contributed by atoms with E-state index in [-0.39, 0.29) is 0 Å². The monoisotopic (exact) mass is 337 g/mol. The highest BCUT2D eigenvalue weighted by Crippen LogP contribution is 2.31. The first kappa shape index (κ1) is 13.5. The van der Waals surface area contributed by atoms with Gasteiger partial charge in [-0.2, -0.15) is 4.31 Å². The van der Waals surface area contributed by atoms with Crippen LogP contribution >= 0.6 is 27.3 Å². The molecule has 1 fully saturated rings.